The number of amides is 1. The van der Waals surface area contributed by atoms with Crippen molar-refractivity contribution in [2.45, 2.75) is 45.7 Å². The van der Waals surface area contributed by atoms with Gasteiger partial charge in [0.05, 0.1) is 0 Å². The van der Waals surface area contributed by atoms with E-state index < -0.39 is 0 Å². The van der Waals surface area contributed by atoms with Gasteiger partial charge < -0.3 is 15.5 Å². The maximum atomic E-state index is 12.0. The molecule has 0 aliphatic rings. The lowest BCUT2D eigenvalue weighted by atomic mass is 10.2. The van der Waals surface area contributed by atoms with Crippen LogP contribution in [0.25, 0.3) is 0 Å². The molecule has 0 saturated carbocycles. The molecule has 0 aromatic heterocycles. The van der Waals surface area contributed by atoms with Crippen molar-refractivity contribution in [2.24, 2.45) is 0 Å². The summed E-state index contributed by atoms with van der Waals surface area (Å²) in [7, 11) is 4.02. The molecule has 2 unspecified atom stereocenters. The van der Waals surface area contributed by atoms with Crippen LogP contribution >= 0.6 is 0 Å². The molecule has 0 saturated heterocycles. The Labute approximate surface area is 122 Å². The van der Waals surface area contributed by atoms with Gasteiger partial charge in [-0.05, 0) is 44.5 Å². The minimum atomic E-state index is -0.237. The maximum absolute atomic E-state index is 12.0. The minimum Gasteiger partial charge on any atom is -0.378 e. The van der Waals surface area contributed by atoms with Crippen molar-refractivity contribution in [3.63, 3.8) is 0 Å². The van der Waals surface area contributed by atoms with Crippen molar-refractivity contribution in [2.75, 3.05) is 24.3 Å². The Hall–Kier alpha value is -1.71. The third-order valence-electron chi connectivity index (χ3n) is 3.27. The van der Waals surface area contributed by atoms with Crippen LogP contribution in [0, 0.1) is 0 Å². The van der Waals surface area contributed by atoms with Crippen LogP contribution in [0.5, 0.6) is 0 Å². The third-order valence-corrected chi connectivity index (χ3v) is 3.27. The van der Waals surface area contributed by atoms with Crippen LogP contribution in [0.15, 0.2) is 24.3 Å². The predicted molar refractivity (Wildman–Crippen MR) is 86.4 cm³/mol. The smallest absolute Gasteiger partial charge is 0.242 e. The number of carbonyl (C=O) groups is 1. The molecule has 2 N–H and O–H groups in total. The first-order valence-electron chi connectivity index (χ1n) is 7.28. The van der Waals surface area contributed by atoms with Gasteiger partial charge in [0, 0.05) is 31.5 Å². The molecule has 0 fully saturated rings. The zero-order chi connectivity index (χ0) is 15.1. The summed E-state index contributed by atoms with van der Waals surface area (Å²) in [5.41, 5.74) is 2.10. The summed E-state index contributed by atoms with van der Waals surface area (Å²) in [5.74, 6) is 0.0441. The average molecular weight is 277 g/mol. The van der Waals surface area contributed by atoms with E-state index in [2.05, 4.69) is 17.6 Å². The molecule has 0 bridgehead atoms. The summed E-state index contributed by atoms with van der Waals surface area (Å²) >= 11 is 0. The number of hydrogen-bond donors (Lipinski definition) is 2. The lowest BCUT2D eigenvalue weighted by Crippen LogP contribution is -2.42. The normalized spacial score (nSPS) is 13.4. The van der Waals surface area contributed by atoms with E-state index in [9.17, 15) is 4.79 Å². The molecule has 0 heterocycles. The van der Waals surface area contributed by atoms with Crippen LogP contribution in [-0.2, 0) is 4.79 Å². The van der Waals surface area contributed by atoms with E-state index in [4.69, 9.17) is 0 Å². The number of nitrogens with one attached hydrogen (secondary N) is 2. The van der Waals surface area contributed by atoms with Crippen LogP contribution in [0.4, 0.5) is 11.4 Å². The van der Waals surface area contributed by atoms with Gasteiger partial charge in [-0.15, -0.1) is 0 Å². The van der Waals surface area contributed by atoms with Gasteiger partial charge in [0.2, 0.25) is 5.91 Å². The molecule has 1 aromatic carbocycles. The van der Waals surface area contributed by atoms with Gasteiger partial charge in [0.1, 0.15) is 6.04 Å². The summed E-state index contributed by atoms with van der Waals surface area (Å²) in [5, 5.41) is 6.25. The van der Waals surface area contributed by atoms with Gasteiger partial charge in [0.25, 0.3) is 0 Å². The highest BCUT2D eigenvalue weighted by Crippen LogP contribution is 2.16. The number of carbonyl (C=O) groups excluding carboxylic acids is 1. The van der Waals surface area contributed by atoms with Crippen molar-refractivity contribution >= 4 is 17.3 Å². The lowest BCUT2D eigenvalue weighted by molar-refractivity contribution is -0.122. The van der Waals surface area contributed by atoms with Crippen LogP contribution in [0.1, 0.15) is 33.6 Å². The molecule has 0 aliphatic carbocycles. The summed E-state index contributed by atoms with van der Waals surface area (Å²) in [4.78, 5) is 14.1. The fourth-order valence-electron chi connectivity index (χ4n) is 2.04. The molecular formula is C16H27N3O. The largest absolute Gasteiger partial charge is 0.378 e. The monoisotopic (exact) mass is 277 g/mol. The zero-order valence-corrected chi connectivity index (χ0v) is 13.2. The van der Waals surface area contributed by atoms with Gasteiger partial charge in [-0.1, -0.05) is 13.3 Å². The fourth-order valence-corrected chi connectivity index (χ4v) is 2.04. The van der Waals surface area contributed by atoms with Crippen molar-refractivity contribution in [3.8, 4) is 0 Å². The van der Waals surface area contributed by atoms with E-state index in [0.717, 1.165) is 24.2 Å². The van der Waals surface area contributed by atoms with Crippen molar-refractivity contribution in [1.29, 1.82) is 0 Å². The van der Waals surface area contributed by atoms with Crippen molar-refractivity contribution in [1.82, 2.24) is 5.32 Å². The maximum Gasteiger partial charge on any atom is 0.242 e. The van der Waals surface area contributed by atoms with Crippen molar-refractivity contribution in [3.05, 3.63) is 24.3 Å². The predicted octanol–water partition coefficient (Wildman–Crippen LogP) is 2.86. The van der Waals surface area contributed by atoms with Crippen LogP contribution in [-0.4, -0.2) is 32.1 Å². The third kappa shape index (κ3) is 5.11. The SMILES string of the molecule is CCCC(C)NC(=O)C(C)Nc1ccc(N(C)C)cc1. The Bertz CT molecular complexity index is 414. The first-order chi connectivity index (χ1) is 9.43. The second-order valence-corrected chi connectivity index (χ2v) is 5.51. The Morgan fingerprint density at radius 3 is 2.30 bits per heavy atom. The molecular weight excluding hydrogens is 250 g/mol. The molecule has 0 aliphatic heterocycles. The lowest BCUT2D eigenvalue weighted by Gasteiger charge is -2.19. The summed E-state index contributed by atoms with van der Waals surface area (Å²) in [6, 6.07) is 8.05. The van der Waals surface area contributed by atoms with Crippen LogP contribution in [0.2, 0.25) is 0 Å². The highest BCUT2D eigenvalue weighted by molar-refractivity contribution is 5.84. The van der Waals surface area contributed by atoms with Gasteiger partial charge >= 0.3 is 0 Å². The van der Waals surface area contributed by atoms with Gasteiger partial charge in [-0.3, -0.25) is 4.79 Å². The Balaban J connectivity index is 2.52. The quantitative estimate of drug-likeness (QED) is 0.805. The highest BCUT2D eigenvalue weighted by Gasteiger charge is 2.14. The van der Waals surface area contributed by atoms with Crippen LogP contribution < -0.4 is 15.5 Å². The number of rotatable bonds is 7. The Morgan fingerprint density at radius 1 is 1.20 bits per heavy atom. The van der Waals surface area contributed by atoms with Crippen LogP contribution in [0.3, 0.4) is 0 Å². The summed E-state index contributed by atoms with van der Waals surface area (Å²) in [6.07, 6.45) is 2.09. The topological polar surface area (TPSA) is 44.4 Å². The molecule has 4 heteroatoms. The molecule has 1 aromatic rings. The number of nitrogens with zero attached hydrogens (tertiary/aromatic N) is 1. The van der Waals surface area contributed by atoms with E-state index in [0.29, 0.717) is 0 Å². The first kappa shape index (κ1) is 16.3. The molecule has 1 rings (SSSR count). The Morgan fingerprint density at radius 2 is 1.80 bits per heavy atom. The molecule has 20 heavy (non-hydrogen) atoms. The van der Waals surface area contributed by atoms with Gasteiger partial charge in [-0.25, -0.2) is 0 Å². The van der Waals surface area contributed by atoms with E-state index >= 15 is 0 Å². The molecule has 0 spiro atoms. The van der Waals surface area contributed by atoms with Gasteiger partial charge in [-0.2, -0.15) is 0 Å². The number of hydrogen-bond acceptors (Lipinski definition) is 3. The van der Waals surface area contributed by atoms with E-state index in [-0.39, 0.29) is 18.0 Å². The second-order valence-electron chi connectivity index (χ2n) is 5.51. The molecule has 1 amide bonds. The molecule has 4 nitrogen and oxygen atoms in total. The zero-order valence-electron chi connectivity index (χ0n) is 13.2. The highest BCUT2D eigenvalue weighted by atomic mass is 16.2. The molecule has 2 atom stereocenters. The van der Waals surface area contributed by atoms with E-state index in [1.807, 2.05) is 57.1 Å². The van der Waals surface area contributed by atoms with E-state index in [1.54, 1.807) is 0 Å². The fraction of sp³-hybridized carbons (Fsp3) is 0.562. The number of benzene rings is 1. The summed E-state index contributed by atoms with van der Waals surface area (Å²) < 4.78 is 0. The summed E-state index contributed by atoms with van der Waals surface area (Å²) in [6.45, 7) is 6.05. The van der Waals surface area contributed by atoms with E-state index in [1.165, 1.54) is 0 Å². The standard InChI is InChI=1S/C16H27N3O/c1-6-7-12(2)17-16(20)13(3)18-14-8-10-15(11-9-14)19(4)5/h8-13,18H,6-7H2,1-5H3,(H,17,20). The first-order valence-corrected chi connectivity index (χ1v) is 7.28. The molecule has 112 valence electrons. The minimum absolute atomic E-state index is 0.0441. The average Bonchev–Trinajstić information content (AvgIpc) is 2.39. The Kier molecular flexibility index (Phi) is 6.36. The number of anilines is 2. The van der Waals surface area contributed by atoms with Gasteiger partial charge in [0.15, 0.2) is 0 Å². The van der Waals surface area contributed by atoms with Crippen molar-refractivity contribution < 1.29 is 4.79 Å². The second kappa shape index (κ2) is 7.78. The molecule has 0 radical (unpaired) electrons.